The number of aromatic hydroxyl groups is 2. The minimum absolute atomic E-state index is 0.0420. The molecule has 0 atom stereocenters. The van der Waals surface area contributed by atoms with E-state index in [9.17, 15) is 25.1 Å². The molecule has 0 unspecified atom stereocenters. The van der Waals surface area contributed by atoms with E-state index < -0.39 is 10.8 Å². The second kappa shape index (κ2) is 8.73. The predicted molar refractivity (Wildman–Crippen MR) is 106 cm³/mol. The highest BCUT2D eigenvalue weighted by Gasteiger charge is 2.11. The molecule has 3 rings (SSSR count). The molecule has 0 spiro atoms. The van der Waals surface area contributed by atoms with Gasteiger partial charge in [-0.1, -0.05) is 0 Å². The van der Waals surface area contributed by atoms with Crippen molar-refractivity contribution >= 4 is 17.8 Å². The summed E-state index contributed by atoms with van der Waals surface area (Å²) in [6, 6.07) is 8.64. The highest BCUT2D eigenvalue weighted by atomic mass is 16.6. The predicted octanol–water partition coefficient (Wildman–Crippen LogP) is 2.02. The molecule has 1 aromatic heterocycles. The molecule has 0 saturated heterocycles. The summed E-state index contributed by atoms with van der Waals surface area (Å²) in [6.07, 6.45) is 3.87. The highest BCUT2D eigenvalue weighted by molar-refractivity contribution is 5.95. The Kier molecular flexibility index (Phi) is 5.92. The van der Waals surface area contributed by atoms with Crippen molar-refractivity contribution < 1.29 is 24.7 Å². The van der Waals surface area contributed by atoms with Gasteiger partial charge in [-0.05, 0) is 35.9 Å². The maximum absolute atomic E-state index is 12.1. The number of rotatable bonds is 7. The number of amides is 1. The van der Waals surface area contributed by atoms with Crippen molar-refractivity contribution in [2.24, 2.45) is 5.10 Å². The first kappa shape index (κ1) is 20.3. The van der Waals surface area contributed by atoms with Gasteiger partial charge in [0.1, 0.15) is 29.6 Å². The average molecular weight is 411 g/mol. The quantitative estimate of drug-likeness (QED) is 0.305. The Morgan fingerprint density at radius 1 is 1.30 bits per heavy atom. The summed E-state index contributed by atoms with van der Waals surface area (Å²) in [6.45, 7) is 0.230. The lowest BCUT2D eigenvalue weighted by Gasteiger charge is -2.09. The first-order valence-corrected chi connectivity index (χ1v) is 8.56. The summed E-state index contributed by atoms with van der Waals surface area (Å²) in [7, 11) is 1.50. The van der Waals surface area contributed by atoms with Crippen molar-refractivity contribution in [3.8, 4) is 17.2 Å². The van der Waals surface area contributed by atoms with E-state index in [1.54, 1.807) is 18.2 Å². The van der Waals surface area contributed by atoms with Crippen LogP contribution in [0.25, 0.3) is 0 Å². The van der Waals surface area contributed by atoms with Crippen LogP contribution in [0.15, 0.2) is 53.9 Å². The monoisotopic (exact) mass is 411 g/mol. The minimum atomic E-state index is -0.616. The molecule has 0 radical (unpaired) electrons. The van der Waals surface area contributed by atoms with E-state index in [4.69, 9.17) is 4.74 Å². The summed E-state index contributed by atoms with van der Waals surface area (Å²) in [5.41, 5.74) is 3.55. The highest BCUT2D eigenvalue weighted by Crippen LogP contribution is 2.22. The summed E-state index contributed by atoms with van der Waals surface area (Å²) in [4.78, 5) is 22.3. The largest absolute Gasteiger partial charge is 0.508 e. The van der Waals surface area contributed by atoms with Crippen LogP contribution in [0.5, 0.6) is 17.2 Å². The number of phenols is 2. The molecule has 0 saturated carbocycles. The zero-order chi connectivity index (χ0) is 21.7. The van der Waals surface area contributed by atoms with Gasteiger partial charge in [-0.2, -0.15) is 10.2 Å². The van der Waals surface area contributed by atoms with Gasteiger partial charge in [0.15, 0.2) is 0 Å². The molecule has 11 nitrogen and oxygen atoms in total. The van der Waals surface area contributed by atoms with E-state index in [-0.39, 0.29) is 29.3 Å². The lowest BCUT2D eigenvalue weighted by Crippen LogP contribution is -2.17. The molecule has 1 amide bonds. The van der Waals surface area contributed by atoms with Crippen LogP contribution in [-0.4, -0.2) is 44.1 Å². The van der Waals surface area contributed by atoms with Crippen LogP contribution < -0.4 is 10.2 Å². The van der Waals surface area contributed by atoms with E-state index >= 15 is 0 Å². The fourth-order valence-corrected chi connectivity index (χ4v) is 2.67. The van der Waals surface area contributed by atoms with Gasteiger partial charge in [0, 0.05) is 17.2 Å². The second-order valence-electron chi connectivity index (χ2n) is 6.16. The molecule has 154 valence electrons. The normalized spacial score (nSPS) is 10.8. The molecule has 1 heterocycles. The number of carbonyl (C=O) groups excluding carboxylic acids is 1. The Labute approximate surface area is 170 Å². The van der Waals surface area contributed by atoms with Gasteiger partial charge in [0.05, 0.1) is 24.8 Å². The van der Waals surface area contributed by atoms with Crippen molar-refractivity contribution in [3.05, 3.63) is 75.6 Å². The van der Waals surface area contributed by atoms with Gasteiger partial charge >= 0.3 is 5.69 Å². The van der Waals surface area contributed by atoms with E-state index in [0.29, 0.717) is 16.9 Å². The Hall–Kier alpha value is -4.41. The number of hydrogen-bond acceptors (Lipinski definition) is 8. The molecule has 0 aliphatic carbocycles. The van der Waals surface area contributed by atoms with Gasteiger partial charge in [-0.25, -0.2) is 5.43 Å². The third-order valence-corrected chi connectivity index (χ3v) is 4.01. The van der Waals surface area contributed by atoms with Gasteiger partial charge in [-0.15, -0.1) is 0 Å². The maximum Gasteiger partial charge on any atom is 0.307 e. The number of hydrogen-bond donors (Lipinski definition) is 3. The molecule has 30 heavy (non-hydrogen) atoms. The summed E-state index contributed by atoms with van der Waals surface area (Å²) >= 11 is 0. The number of nitro groups is 1. The van der Waals surface area contributed by atoms with E-state index in [1.165, 1.54) is 36.3 Å². The molecule has 3 aromatic rings. The number of methoxy groups -OCH3 is 1. The second-order valence-corrected chi connectivity index (χ2v) is 6.16. The fourth-order valence-electron chi connectivity index (χ4n) is 2.67. The first-order chi connectivity index (χ1) is 14.4. The minimum Gasteiger partial charge on any atom is -0.508 e. The van der Waals surface area contributed by atoms with Gasteiger partial charge in [0.2, 0.25) is 0 Å². The lowest BCUT2D eigenvalue weighted by atomic mass is 10.1. The third-order valence-electron chi connectivity index (χ3n) is 4.01. The Bertz CT molecular complexity index is 1100. The van der Waals surface area contributed by atoms with Crippen LogP contribution in [-0.2, 0) is 6.54 Å². The number of aromatic nitrogens is 2. The topological polar surface area (TPSA) is 152 Å². The van der Waals surface area contributed by atoms with Crippen molar-refractivity contribution in [2.75, 3.05) is 7.11 Å². The Morgan fingerprint density at radius 2 is 2.03 bits per heavy atom. The van der Waals surface area contributed by atoms with Crippen LogP contribution in [0.4, 0.5) is 5.69 Å². The van der Waals surface area contributed by atoms with Gasteiger partial charge in [-0.3, -0.25) is 19.6 Å². The molecule has 0 bridgehead atoms. The van der Waals surface area contributed by atoms with E-state index in [0.717, 1.165) is 12.3 Å². The summed E-state index contributed by atoms with van der Waals surface area (Å²) in [5, 5.41) is 37.5. The molecular weight excluding hydrogens is 394 g/mol. The number of nitrogens with zero attached hydrogens (tertiary/aromatic N) is 4. The average Bonchev–Trinajstić information content (AvgIpc) is 3.16. The van der Waals surface area contributed by atoms with Crippen LogP contribution in [0.1, 0.15) is 21.5 Å². The Balaban J connectivity index is 1.73. The van der Waals surface area contributed by atoms with Gasteiger partial charge < -0.3 is 14.9 Å². The van der Waals surface area contributed by atoms with Crippen molar-refractivity contribution in [3.63, 3.8) is 0 Å². The number of nitrogens with one attached hydrogen (secondary N) is 1. The number of carbonyl (C=O) groups is 1. The molecule has 2 aromatic carbocycles. The lowest BCUT2D eigenvalue weighted by molar-refractivity contribution is -0.385. The molecule has 3 N–H and O–H groups in total. The third kappa shape index (κ3) is 4.90. The molecule has 0 aliphatic heterocycles. The number of phenolic OH excluding ortho intramolecular Hbond substituents is 2. The Morgan fingerprint density at radius 3 is 2.67 bits per heavy atom. The number of benzene rings is 2. The fraction of sp³-hybridized carbons (Fsp3) is 0.105. The molecular formula is C19H17N5O6. The van der Waals surface area contributed by atoms with Crippen LogP contribution in [0.2, 0.25) is 0 Å². The summed E-state index contributed by atoms with van der Waals surface area (Å²) < 4.78 is 6.72. The number of hydrazone groups is 1. The SMILES string of the molecule is COc1ccc(/C=N\NC(=O)c2cc(O)cc(O)c2)cc1Cn1cc([N+](=O)[O-])cn1. The van der Waals surface area contributed by atoms with Crippen LogP contribution in [0.3, 0.4) is 0 Å². The summed E-state index contributed by atoms with van der Waals surface area (Å²) in [5.74, 6) is -0.551. The smallest absolute Gasteiger partial charge is 0.307 e. The van der Waals surface area contributed by atoms with Crippen LogP contribution >= 0.6 is 0 Å². The zero-order valence-corrected chi connectivity index (χ0v) is 15.7. The molecule has 11 heteroatoms. The molecule has 0 fully saturated rings. The maximum atomic E-state index is 12.1. The van der Waals surface area contributed by atoms with Gasteiger partial charge in [0.25, 0.3) is 5.91 Å². The van der Waals surface area contributed by atoms with E-state index in [1.807, 2.05) is 0 Å². The van der Waals surface area contributed by atoms with Crippen LogP contribution in [0, 0.1) is 10.1 Å². The zero-order valence-electron chi connectivity index (χ0n) is 15.7. The number of ether oxygens (including phenoxy) is 1. The first-order valence-electron chi connectivity index (χ1n) is 8.56. The van der Waals surface area contributed by atoms with Crippen molar-refractivity contribution in [1.29, 1.82) is 0 Å². The molecule has 0 aliphatic rings. The van der Waals surface area contributed by atoms with Crippen molar-refractivity contribution in [1.82, 2.24) is 15.2 Å². The van der Waals surface area contributed by atoms with Crippen molar-refractivity contribution in [2.45, 2.75) is 6.54 Å². The van der Waals surface area contributed by atoms with E-state index in [2.05, 4.69) is 15.6 Å². The standard InChI is InChI=1S/C19H17N5O6/c1-30-18-3-2-12(4-14(18)10-23-11-15(9-21-23)24(28)29)8-20-22-19(27)13-5-16(25)7-17(26)6-13/h2-9,11,25-26H,10H2,1H3,(H,22,27)/b20-8-.